The van der Waals surface area contributed by atoms with Crippen LogP contribution in [0, 0.1) is 0 Å². The van der Waals surface area contributed by atoms with E-state index in [9.17, 15) is 0 Å². The molecule has 0 atom stereocenters. The predicted molar refractivity (Wildman–Crippen MR) is 194 cm³/mol. The molecule has 0 aliphatic heterocycles. The van der Waals surface area contributed by atoms with Crippen LogP contribution in [0.4, 0.5) is 0 Å². The average Bonchev–Trinajstić information content (AvgIpc) is 3.80. The molecule has 0 amide bonds. The van der Waals surface area contributed by atoms with E-state index in [1.165, 1.54) is 32.6 Å². The van der Waals surface area contributed by atoms with E-state index >= 15 is 0 Å². The standard InChI is InChI=1S/C42H25N5/c1-3-12-26(13-4-1)45-34-19-9-7-16-28(34)29-23-24-36-38(39(29)45)30-21-22-32-37(40(30)46(36)27-14-5-2-6-15-27)31-17-11-25-43-41(31)47-35-20-10-8-18-33(35)44-42(32)47/h1-25H. The number of fused-ring (bicyclic) bond motifs is 16. The molecule has 0 saturated carbocycles. The van der Waals surface area contributed by atoms with Crippen molar-refractivity contribution < 1.29 is 0 Å². The molecule has 5 heterocycles. The van der Waals surface area contributed by atoms with Crippen LogP contribution in [0.25, 0.3) is 93.5 Å². The van der Waals surface area contributed by atoms with Crippen LogP contribution in [0.2, 0.25) is 0 Å². The van der Waals surface area contributed by atoms with Crippen molar-refractivity contribution >= 4 is 82.1 Å². The van der Waals surface area contributed by atoms with Crippen molar-refractivity contribution in [2.45, 2.75) is 0 Å². The highest BCUT2D eigenvalue weighted by molar-refractivity contribution is 6.32. The van der Waals surface area contributed by atoms with Gasteiger partial charge in [0.2, 0.25) is 0 Å². The first-order valence-electron chi connectivity index (χ1n) is 15.9. The maximum atomic E-state index is 5.20. The van der Waals surface area contributed by atoms with Crippen molar-refractivity contribution in [3.63, 3.8) is 0 Å². The summed E-state index contributed by atoms with van der Waals surface area (Å²) in [6, 6.07) is 52.0. The maximum Gasteiger partial charge on any atom is 0.147 e. The van der Waals surface area contributed by atoms with Gasteiger partial charge in [-0.15, -0.1) is 0 Å². The van der Waals surface area contributed by atoms with Crippen molar-refractivity contribution in [2.75, 3.05) is 0 Å². The minimum atomic E-state index is 0.907. The normalized spacial score (nSPS) is 12.3. The molecule has 5 aromatic heterocycles. The summed E-state index contributed by atoms with van der Waals surface area (Å²) in [5.41, 5.74) is 10.8. The molecule has 5 nitrogen and oxygen atoms in total. The molecule has 11 aromatic rings. The Balaban J connectivity index is 1.45. The van der Waals surface area contributed by atoms with Crippen LogP contribution in [0.3, 0.4) is 0 Å². The summed E-state index contributed by atoms with van der Waals surface area (Å²) in [5.74, 6) is 0. The average molecular weight is 600 g/mol. The Hall–Kier alpha value is -6.46. The van der Waals surface area contributed by atoms with Crippen molar-refractivity contribution in [1.82, 2.24) is 23.5 Å². The van der Waals surface area contributed by atoms with Crippen molar-refractivity contribution in [1.29, 1.82) is 0 Å². The van der Waals surface area contributed by atoms with Gasteiger partial charge in [-0.3, -0.25) is 4.40 Å². The van der Waals surface area contributed by atoms with Gasteiger partial charge >= 0.3 is 0 Å². The van der Waals surface area contributed by atoms with Gasteiger partial charge in [-0.05, 0) is 66.7 Å². The minimum Gasteiger partial charge on any atom is -0.309 e. The second kappa shape index (κ2) is 9.05. The van der Waals surface area contributed by atoms with E-state index in [-0.39, 0.29) is 0 Å². The molecule has 0 saturated heterocycles. The fourth-order valence-corrected chi connectivity index (χ4v) is 7.99. The van der Waals surface area contributed by atoms with Gasteiger partial charge in [0, 0.05) is 55.3 Å². The molecule has 0 bridgehead atoms. The molecule has 0 fully saturated rings. The Labute approximate surface area is 268 Å². The molecular weight excluding hydrogens is 574 g/mol. The summed E-state index contributed by atoms with van der Waals surface area (Å²) in [6.07, 6.45) is 1.89. The first-order chi connectivity index (χ1) is 23.4. The second-order valence-electron chi connectivity index (χ2n) is 12.2. The van der Waals surface area contributed by atoms with Crippen molar-refractivity contribution in [2.24, 2.45) is 0 Å². The Morgan fingerprint density at radius 3 is 1.79 bits per heavy atom. The Morgan fingerprint density at radius 2 is 0.979 bits per heavy atom. The van der Waals surface area contributed by atoms with Gasteiger partial charge in [-0.25, -0.2) is 9.97 Å². The number of pyridine rings is 2. The van der Waals surface area contributed by atoms with E-state index < -0.39 is 0 Å². The highest BCUT2D eigenvalue weighted by atomic mass is 15.1. The van der Waals surface area contributed by atoms with E-state index in [4.69, 9.17) is 9.97 Å². The summed E-state index contributed by atoms with van der Waals surface area (Å²) < 4.78 is 7.11. The van der Waals surface area contributed by atoms with Crippen LogP contribution in [0.5, 0.6) is 0 Å². The highest BCUT2D eigenvalue weighted by Crippen LogP contribution is 2.45. The molecular formula is C42H25N5. The number of hydrogen-bond donors (Lipinski definition) is 0. The summed E-state index contributed by atoms with van der Waals surface area (Å²) in [4.78, 5) is 10.2. The van der Waals surface area contributed by atoms with Gasteiger partial charge in [0.05, 0.1) is 33.1 Å². The van der Waals surface area contributed by atoms with E-state index in [1.54, 1.807) is 0 Å². The lowest BCUT2D eigenvalue weighted by Gasteiger charge is -2.13. The Kier molecular flexibility index (Phi) is 4.78. The molecule has 11 rings (SSSR count). The number of imidazole rings is 1. The topological polar surface area (TPSA) is 40.1 Å². The van der Waals surface area contributed by atoms with Crippen LogP contribution < -0.4 is 0 Å². The first kappa shape index (κ1) is 24.8. The highest BCUT2D eigenvalue weighted by Gasteiger charge is 2.24. The Bertz CT molecular complexity index is 3060. The van der Waals surface area contributed by atoms with Gasteiger partial charge in [-0.1, -0.05) is 78.9 Å². The number of benzene rings is 6. The van der Waals surface area contributed by atoms with Gasteiger partial charge in [-0.2, -0.15) is 0 Å². The molecule has 5 heteroatoms. The van der Waals surface area contributed by atoms with Crippen LogP contribution in [0.1, 0.15) is 0 Å². The molecule has 0 spiro atoms. The van der Waals surface area contributed by atoms with E-state index in [0.29, 0.717) is 0 Å². The zero-order valence-electron chi connectivity index (χ0n) is 25.2. The van der Waals surface area contributed by atoms with Crippen LogP contribution in [0.15, 0.2) is 152 Å². The van der Waals surface area contributed by atoms with Crippen LogP contribution in [-0.4, -0.2) is 23.5 Å². The first-order valence-corrected chi connectivity index (χ1v) is 15.9. The summed E-state index contributed by atoms with van der Waals surface area (Å²) in [7, 11) is 0. The fourth-order valence-electron chi connectivity index (χ4n) is 7.99. The molecule has 0 N–H and O–H groups in total. The zero-order valence-corrected chi connectivity index (χ0v) is 25.2. The number of para-hydroxylation sites is 5. The summed E-state index contributed by atoms with van der Waals surface area (Å²) >= 11 is 0. The van der Waals surface area contributed by atoms with Gasteiger partial charge in [0.15, 0.2) is 0 Å². The van der Waals surface area contributed by atoms with Crippen molar-refractivity contribution in [3.05, 3.63) is 152 Å². The monoisotopic (exact) mass is 599 g/mol. The van der Waals surface area contributed by atoms with Gasteiger partial charge < -0.3 is 9.13 Å². The zero-order chi connectivity index (χ0) is 30.6. The van der Waals surface area contributed by atoms with E-state index in [1.807, 2.05) is 12.3 Å². The molecule has 0 aliphatic rings. The lowest BCUT2D eigenvalue weighted by molar-refractivity contribution is 1.18. The van der Waals surface area contributed by atoms with Crippen LogP contribution >= 0.6 is 0 Å². The van der Waals surface area contributed by atoms with E-state index in [2.05, 4.69) is 153 Å². The van der Waals surface area contributed by atoms with E-state index in [0.717, 1.165) is 60.9 Å². The minimum absolute atomic E-state index is 0.907. The third-order valence-electron chi connectivity index (χ3n) is 9.82. The molecule has 47 heavy (non-hydrogen) atoms. The Morgan fingerprint density at radius 1 is 0.383 bits per heavy atom. The van der Waals surface area contributed by atoms with Gasteiger partial charge in [0.25, 0.3) is 0 Å². The molecule has 0 unspecified atom stereocenters. The second-order valence-corrected chi connectivity index (χ2v) is 12.2. The van der Waals surface area contributed by atoms with Gasteiger partial charge in [0.1, 0.15) is 11.3 Å². The lowest BCUT2D eigenvalue weighted by atomic mass is 10.0. The fraction of sp³-hybridized carbons (Fsp3) is 0. The summed E-state index contributed by atoms with van der Waals surface area (Å²) in [5, 5.41) is 8.28. The number of aromatic nitrogens is 5. The smallest absolute Gasteiger partial charge is 0.147 e. The lowest BCUT2D eigenvalue weighted by Crippen LogP contribution is -1.97. The SMILES string of the molecule is c1ccc(-n2c3ccccc3c3ccc4c(c5ccc6c(c7cccnc7n7c8ccccc8nc67)c5n4-c4ccccc4)c32)cc1. The number of hydrogen-bond acceptors (Lipinski definition) is 2. The molecule has 0 aliphatic carbocycles. The molecule has 6 aromatic carbocycles. The summed E-state index contributed by atoms with van der Waals surface area (Å²) in [6.45, 7) is 0. The number of rotatable bonds is 2. The molecule has 218 valence electrons. The maximum absolute atomic E-state index is 5.20. The third-order valence-corrected chi connectivity index (χ3v) is 9.82. The molecule has 0 radical (unpaired) electrons. The quantitative estimate of drug-likeness (QED) is 0.186. The van der Waals surface area contributed by atoms with Crippen LogP contribution in [-0.2, 0) is 0 Å². The van der Waals surface area contributed by atoms with Crippen molar-refractivity contribution in [3.8, 4) is 11.4 Å². The predicted octanol–water partition coefficient (Wildman–Crippen LogP) is 10.4. The largest absolute Gasteiger partial charge is 0.309 e. The third kappa shape index (κ3) is 3.17. The number of nitrogens with zero attached hydrogens (tertiary/aromatic N) is 5.